The average molecular weight is 156 g/mol. The number of para-hydroxylation sites is 1. The van der Waals surface area contributed by atoms with Crippen LogP contribution in [-0.4, -0.2) is 0 Å². The fourth-order valence-corrected chi connectivity index (χ4v) is 0.623. The van der Waals surface area contributed by atoms with Gasteiger partial charge >= 0.3 is 6.01 Å². The zero-order chi connectivity index (χ0) is 8.10. The van der Waals surface area contributed by atoms with Crippen molar-refractivity contribution >= 4 is 0 Å². The Morgan fingerprint density at radius 2 is 1.91 bits per heavy atom. The molecule has 0 radical (unpaired) electrons. The highest BCUT2D eigenvalue weighted by atomic mass is 19.2. The standard InChI is InChI=1S/C8H6F2O/c9-6-8(10)11-7-4-2-1-3-5-7/h1-6H/b8-6+. The van der Waals surface area contributed by atoms with Crippen molar-refractivity contribution in [1.29, 1.82) is 0 Å². The van der Waals surface area contributed by atoms with Gasteiger partial charge in [-0.2, -0.15) is 4.39 Å². The minimum atomic E-state index is -1.24. The molecule has 1 aromatic rings. The Hall–Kier alpha value is -1.38. The van der Waals surface area contributed by atoms with Gasteiger partial charge in [-0.1, -0.05) is 18.2 Å². The van der Waals surface area contributed by atoms with Crippen molar-refractivity contribution < 1.29 is 13.5 Å². The zero-order valence-corrected chi connectivity index (χ0v) is 5.63. The van der Waals surface area contributed by atoms with Crippen LogP contribution in [0, 0.1) is 0 Å². The molecule has 0 N–H and O–H groups in total. The summed E-state index contributed by atoms with van der Waals surface area (Å²) < 4.78 is 27.9. The highest BCUT2D eigenvalue weighted by Crippen LogP contribution is 2.12. The summed E-state index contributed by atoms with van der Waals surface area (Å²) in [6, 6.07) is 6.91. The van der Waals surface area contributed by atoms with E-state index in [4.69, 9.17) is 0 Å². The first kappa shape index (κ1) is 7.72. The smallest absolute Gasteiger partial charge is 0.306 e. The Labute approximate surface area is 62.9 Å². The third-order valence-corrected chi connectivity index (χ3v) is 1.04. The lowest BCUT2D eigenvalue weighted by Crippen LogP contribution is -1.86. The molecule has 0 aliphatic heterocycles. The SMILES string of the molecule is F/C=C(\F)Oc1ccccc1. The highest BCUT2D eigenvalue weighted by Gasteiger charge is 1.95. The van der Waals surface area contributed by atoms with Gasteiger partial charge in [0.25, 0.3) is 0 Å². The summed E-state index contributed by atoms with van der Waals surface area (Å²) >= 11 is 0. The first-order valence-corrected chi connectivity index (χ1v) is 3.01. The zero-order valence-electron chi connectivity index (χ0n) is 5.63. The molecule has 0 aliphatic carbocycles. The Balaban J connectivity index is 2.65. The maximum absolute atomic E-state index is 12.1. The van der Waals surface area contributed by atoms with Gasteiger partial charge in [0.15, 0.2) is 6.33 Å². The van der Waals surface area contributed by atoms with Crippen LogP contribution in [0.15, 0.2) is 42.7 Å². The first-order valence-electron chi connectivity index (χ1n) is 3.01. The van der Waals surface area contributed by atoms with E-state index in [0.29, 0.717) is 0 Å². The van der Waals surface area contributed by atoms with Crippen molar-refractivity contribution in [3.63, 3.8) is 0 Å². The predicted molar refractivity (Wildman–Crippen MR) is 37.4 cm³/mol. The van der Waals surface area contributed by atoms with Crippen molar-refractivity contribution in [1.82, 2.24) is 0 Å². The quantitative estimate of drug-likeness (QED) is 0.598. The van der Waals surface area contributed by atoms with E-state index in [1.165, 1.54) is 12.1 Å². The Morgan fingerprint density at radius 1 is 1.27 bits per heavy atom. The topological polar surface area (TPSA) is 9.23 Å². The largest absolute Gasteiger partial charge is 0.430 e. The molecule has 11 heavy (non-hydrogen) atoms. The van der Waals surface area contributed by atoms with Crippen LogP contribution in [0.3, 0.4) is 0 Å². The van der Waals surface area contributed by atoms with Gasteiger partial charge in [-0.05, 0) is 12.1 Å². The second kappa shape index (κ2) is 3.71. The van der Waals surface area contributed by atoms with Gasteiger partial charge in [-0.25, -0.2) is 4.39 Å². The molecule has 1 rings (SSSR count). The van der Waals surface area contributed by atoms with Crippen molar-refractivity contribution in [3.05, 3.63) is 42.7 Å². The fourth-order valence-electron chi connectivity index (χ4n) is 0.623. The van der Waals surface area contributed by atoms with E-state index >= 15 is 0 Å². The molecule has 1 nitrogen and oxygen atoms in total. The molecule has 0 unspecified atom stereocenters. The number of ether oxygens (including phenoxy) is 1. The number of benzene rings is 1. The van der Waals surface area contributed by atoms with Gasteiger partial charge in [0.1, 0.15) is 5.75 Å². The number of hydrogen-bond donors (Lipinski definition) is 0. The molecule has 0 fully saturated rings. The molecule has 0 aromatic heterocycles. The molecule has 0 amide bonds. The van der Waals surface area contributed by atoms with Crippen LogP contribution in [0.25, 0.3) is 0 Å². The third kappa shape index (κ3) is 2.37. The van der Waals surface area contributed by atoms with Crippen molar-refractivity contribution in [2.24, 2.45) is 0 Å². The van der Waals surface area contributed by atoms with Crippen LogP contribution >= 0.6 is 0 Å². The van der Waals surface area contributed by atoms with E-state index in [1.54, 1.807) is 18.2 Å². The first-order chi connectivity index (χ1) is 5.33. The Kier molecular flexibility index (Phi) is 2.60. The molecule has 0 atom stereocenters. The lowest BCUT2D eigenvalue weighted by Gasteiger charge is -1.98. The second-order valence-electron chi connectivity index (χ2n) is 1.83. The van der Waals surface area contributed by atoms with E-state index in [1.807, 2.05) is 0 Å². The number of hydrogen-bond acceptors (Lipinski definition) is 1. The maximum atomic E-state index is 12.1. The normalized spacial score (nSPS) is 11.3. The van der Waals surface area contributed by atoms with Gasteiger partial charge in [0, 0.05) is 0 Å². The van der Waals surface area contributed by atoms with Gasteiger partial charge in [0.05, 0.1) is 0 Å². The summed E-state index contributed by atoms with van der Waals surface area (Å²) in [7, 11) is 0. The molecule has 3 heteroatoms. The molecular formula is C8H6F2O. The molecule has 1 aromatic carbocycles. The minimum absolute atomic E-state index is 0.229. The molecule has 0 aliphatic rings. The second-order valence-corrected chi connectivity index (χ2v) is 1.83. The molecule has 0 saturated heterocycles. The van der Waals surface area contributed by atoms with Crippen LogP contribution in [0.2, 0.25) is 0 Å². The summed E-state index contributed by atoms with van der Waals surface area (Å²) in [4.78, 5) is 0. The summed E-state index contributed by atoms with van der Waals surface area (Å²) in [5, 5.41) is 0. The highest BCUT2D eigenvalue weighted by molar-refractivity contribution is 5.22. The summed E-state index contributed by atoms with van der Waals surface area (Å²) in [6.45, 7) is 0. The lowest BCUT2D eigenvalue weighted by molar-refractivity contribution is 0.289. The van der Waals surface area contributed by atoms with E-state index < -0.39 is 6.01 Å². The third-order valence-electron chi connectivity index (χ3n) is 1.04. The van der Waals surface area contributed by atoms with Gasteiger partial charge in [0.2, 0.25) is 0 Å². The summed E-state index contributed by atoms with van der Waals surface area (Å²) in [5.41, 5.74) is 0. The Morgan fingerprint density at radius 3 is 2.45 bits per heavy atom. The maximum Gasteiger partial charge on any atom is 0.306 e. The van der Waals surface area contributed by atoms with Crippen molar-refractivity contribution in [2.75, 3.05) is 0 Å². The van der Waals surface area contributed by atoms with Crippen molar-refractivity contribution in [3.8, 4) is 5.75 Å². The van der Waals surface area contributed by atoms with Crippen LogP contribution in [0.4, 0.5) is 8.78 Å². The predicted octanol–water partition coefficient (Wildman–Crippen LogP) is 2.80. The van der Waals surface area contributed by atoms with E-state index in [-0.39, 0.29) is 12.1 Å². The monoisotopic (exact) mass is 156 g/mol. The van der Waals surface area contributed by atoms with Crippen LogP contribution in [0.1, 0.15) is 0 Å². The molecule has 0 saturated carbocycles. The Bertz CT molecular complexity index is 244. The number of rotatable bonds is 2. The van der Waals surface area contributed by atoms with Crippen LogP contribution < -0.4 is 4.74 Å². The summed E-state index contributed by atoms with van der Waals surface area (Å²) in [5.74, 6) is 0.277. The van der Waals surface area contributed by atoms with Gasteiger partial charge in [-0.15, -0.1) is 0 Å². The molecule has 0 bridgehead atoms. The van der Waals surface area contributed by atoms with Crippen molar-refractivity contribution in [2.45, 2.75) is 0 Å². The molecular weight excluding hydrogens is 150 g/mol. The van der Waals surface area contributed by atoms with Gasteiger partial charge in [-0.3, -0.25) is 0 Å². The molecule has 0 heterocycles. The number of halogens is 2. The average Bonchev–Trinajstić information content (AvgIpc) is 2.06. The molecule has 0 spiro atoms. The van der Waals surface area contributed by atoms with Gasteiger partial charge < -0.3 is 4.74 Å². The van der Waals surface area contributed by atoms with Crippen LogP contribution in [0.5, 0.6) is 5.75 Å². The van der Waals surface area contributed by atoms with Crippen LogP contribution in [-0.2, 0) is 0 Å². The van der Waals surface area contributed by atoms with E-state index in [9.17, 15) is 8.78 Å². The molecule has 58 valence electrons. The fraction of sp³-hybridized carbons (Fsp3) is 0. The minimum Gasteiger partial charge on any atom is -0.430 e. The van der Waals surface area contributed by atoms with E-state index in [2.05, 4.69) is 4.74 Å². The van der Waals surface area contributed by atoms with E-state index in [0.717, 1.165) is 0 Å². The summed E-state index contributed by atoms with van der Waals surface area (Å²) in [6.07, 6.45) is -0.229. The lowest BCUT2D eigenvalue weighted by atomic mass is 10.3.